The number of benzene rings is 1. The lowest BCUT2D eigenvalue weighted by Crippen LogP contribution is -2.46. The van der Waals surface area contributed by atoms with E-state index in [4.69, 9.17) is 14.2 Å². The van der Waals surface area contributed by atoms with Gasteiger partial charge in [0, 0.05) is 19.2 Å². The normalized spacial score (nSPS) is 21.1. The third-order valence-electron chi connectivity index (χ3n) is 5.89. The van der Waals surface area contributed by atoms with Crippen molar-refractivity contribution in [2.75, 3.05) is 33.9 Å². The minimum Gasteiger partial charge on any atom is -0.493 e. The van der Waals surface area contributed by atoms with Crippen molar-refractivity contribution in [2.24, 2.45) is 11.8 Å². The van der Waals surface area contributed by atoms with E-state index in [1.165, 1.54) is 39.5 Å². The van der Waals surface area contributed by atoms with Gasteiger partial charge in [-0.15, -0.1) is 0 Å². The third kappa shape index (κ3) is 4.60. The Kier molecular flexibility index (Phi) is 6.56. The number of piperidine rings is 1. The van der Waals surface area contributed by atoms with Gasteiger partial charge in [-0.1, -0.05) is 19.3 Å². The Labute approximate surface area is 169 Å². The highest BCUT2D eigenvalue weighted by Gasteiger charge is 2.33. The first-order valence-corrected chi connectivity index (χ1v) is 9.80. The zero-order valence-electron chi connectivity index (χ0n) is 16.7. The highest BCUT2D eigenvalue weighted by Crippen LogP contribution is 2.36. The van der Waals surface area contributed by atoms with Crippen molar-refractivity contribution in [1.82, 2.24) is 4.90 Å². The van der Waals surface area contributed by atoms with E-state index in [1.54, 1.807) is 4.90 Å². The molecule has 1 saturated carbocycles. The predicted molar refractivity (Wildman–Crippen MR) is 103 cm³/mol. The van der Waals surface area contributed by atoms with E-state index in [0.29, 0.717) is 24.9 Å². The summed E-state index contributed by atoms with van der Waals surface area (Å²) in [6.07, 6.45) is 5.79. The summed E-state index contributed by atoms with van der Waals surface area (Å²) >= 11 is 0. The molecule has 29 heavy (non-hydrogen) atoms. The van der Waals surface area contributed by atoms with Gasteiger partial charge in [0.05, 0.1) is 25.2 Å². The molecule has 1 heterocycles. The maximum atomic E-state index is 12.5. The van der Waals surface area contributed by atoms with E-state index in [2.05, 4.69) is 0 Å². The van der Waals surface area contributed by atoms with Crippen LogP contribution < -0.4 is 9.47 Å². The minimum absolute atomic E-state index is 0.127. The Morgan fingerprint density at radius 1 is 1.10 bits per heavy atom. The van der Waals surface area contributed by atoms with Gasteiger partial charge < -0.3 is 19.1 Å². The fraction of sp³-hybridized carbons (Fsp3) is 0.600. The number of nitro benzene ring substituents is 1. The molecule has 1 aromatic rings. The molecule has 158 valence electrons. The summed E-state index contributed by atoms with van der Waals surface area (Å²) in [5.74, 6) is 0.274. The summed E-state index contributed by atoms with van der Waals surface area (Å²) in [7, 11) is 2.70. The number of rotatable bonds is 6. The van der Waals surface area contributed by atoms with E-state index < -0.39 is 23.2 Å². The zero-order valence-corrected chi connectivity index (χ0v) is 16.7. The molecule has 2 atom stereocenters. The van der Waals surface area contributed by atoms with Crippen molar-refractivity contribution in [1.29, 1.82) is 0 Å². The van der Waals surface area contributed by atoms with Crippen LogP contribution in [0.1, 0.15) is 42.5 Å². The Morgan fingerprint density at radius 2 is 1.76 bits per heavy atom. The van der Waals surface area contributed by atoms with Gasteiger partial charge in [0.2, 0.25) is 0 Å². The molecule has 0 unspecified atom stereocenters. The Bertz CT molecular complexity index is 795. The molecule has 0 N–H and O–H groups in total. The standard InChI is InChI=1S/C20H26N2O7/c1-27-17-9-15(16(22(25)26)10-18(17)28-2)20(24)29-12-19(23)21-8-7-13-5-3-4-6-14(13)11-21/h9-10,13-14H,3-8,11-12H2,1-2H3/t13-,14+/m1/s1. The van der Waals surface area contributed by atoms with Gasteiger partial charge in [-0.3, -0.25) is 14.9 Å². The summed E-state index contributed by atoms with van der Waals surface area (Å²) < 4.78 is 15.3. The summed E-state index contributed by atoms with van der Waals surface area (Å²) in [5, 5.41) is 11.3. The lowest BCUT2D eigenvalue weighted by Gasteiger charge is -2.41. The van der Waals surface area contributed by atoms with Crippen LogP contribution in [0.2, 0.25) is 0 Å². The first-order valence-electron chi connectivity index (χ1n) is 9.80. The molecule has 1 aliphatic carbocycles. The molecule has 1 aromatic carbocycles. The highest BCUT2D eigenvalue weighted by atomic mass is 16.6. The number of methoxy groups -OCH3 is 2. The fourth-order valence-electron chi connectivity index (χ4n) is 4.31. The van der Waals surface area contributed by atoms with E-state index in [0.717, 1.165) is 18.9 Å². The number of hydrogen-bond acceptors (Lipinski definition) is 7. The van der Waals surface area contributed by atoms with E-state index >= 15 is 0 Å². The summed E-state index contributed by atoms with van der Waals surface area (Å²) in [4.78, 5) is 37.4. The molecule has 1 saturated heterocycles. The fourth-order valence-corrected chi connectivity index (χ4v) is 4.31. The van der Waals surface area contributed by atoms with Crippen LogP contribution in [0, 0.1) is 22.0 Å². The van der Waals surface area contributed by atoms with Crippen LogP contribution in [0.4, 0.5) is 5.69 Å². The van der Waals surface area contributed by atoms with Crippen molar-refractivity contribution in [3.8, 4) is 11.5 Å². The maximum Gasteiger partial charge on any atom is 0.345 e. The molecule has 9 heteroatoms. The van der Waals surface area contributed by atoms with Crippen LogP contribution in [0.25, 0.3) is 0 Å². The smallest absolute Gasteiger partial charge is 0.345 e. The number of amides is 1. The Morgan fingerprint density at radius 3 is 2.41 bits per heavy atom. The second-order valence-electron chi connectivity index (χ2n) is 7.49. The van der Waals surface area contributed by atoms with Crippen LogP contribution >= 0.6 is 0 Å². The van der Waals surface area contributed by atoms with E-state index in [1.807, 2.05) is 0 Å². The molecule has 3 rings (SSSR count). The lowest BCUT2D eigenvalue weighted by atomic mass is 9.75. The maximum absolute atomic E-state index is 12.5. The first kappa shape index (κ1) is 20.9. The molecule has 0 bridgehead atoms. The van der Waals surface area contributed by atoms with Gasteiger partial charge in [-0.2, -0.15) is 0 Å². The number of likely N-dealkylation sites (tertiary alicyclic amines) is 1. The van der Waals surface area contributed by atoms with Gasteiger partial charge in [0.15, 0.2) is 18.1 Å². The molecular formula is C20H26N2O7. The number of nitrogens with zero attached hydrogens (tertiary/aromatic N) is 2. The van der Waals surface area contributed by atoms with Crippen molar-refractivity contribution in [3.05, 3.63) is 27.8 Å². The largest absolute Gasteiger partial charge is 0.493 e. The van der Waals surface area contributed by atoms with E-state index in [-0.39, 0.29) is 23.0 Å². The monoisotopic (exact) mass is 406 g/mol. The average Bonchev–Trinajstić information content (AvgIpc) is 2.75. The topological polar surface area (TPSA) is 108 Å². The number of nitro groups is 1. The third-order valence-corrected chi connectivity index (χ3v) is 5.89. The molecule has 9 nitrogen and oxygen atoms in total. The number of fused-ring (bicyclic) bond motifs is 1. The van der Waals surface area contributed by atoms with Gasteiger partial charge in [0.1, 0.15) is 5.56 Å². The van der Waals surface area contributed by atoms with Crippen molar-refractivity contribution in [3.63, 3.8) is 0 Å². The number of hydrogen-bond donors (Lipinski definition) is 0. The van der Waals surface area contributed by atoms with Crippen molar-refractivity contribution >= 4 is 17.6 Å². The lowest BCUT2D eigenvalue weighted by molar-refractivity contribution is -0.385. The van der Waals surface area contributed by atoms with Crippen LogP contribution in [0.5, 0.6) is 11.5 Å². The Hall–Kier alpha value is -2.84. The van der Waals surface area contributed by atoms with Crippen molar-refractivity contribution < 1.29 is 28.7 Å². The van der Waals surface area contributed by atoms with Crippen LogP contribution in [-0.2, 0) is 9.53 Å². The second-order valence-corrected chi connectivity index (χ2v) is 7.49. The van der Waals surface area contributed by atoms with Gasteiger partial charge in [-0.25, -0.2) is 4.79 Å². The van der Waals surface area contributed by atoms with Gasteiger partial charge in [-0.05, 0) is 24.7 Å². The average molecular weight is 406 g/mol. The molecule has 1 amide bonds. The number of carbonyl (C=O) groups is 2. The minimum atomic E-state index is -0.946. The van der Waals surface area contributed by atoms with Crippen LogP contribution in [0.15, 0.2) is 12.1 Å². The molecular weight excluding hydrogens is 380 g/mol. The molecule has 0 radical (unpaired) electrons. The summed E-state index contributed by atoms with van der Waals surface area (Å²) in [6.45, 7) is 0.910. The highest BCUT2D eigenvalue weighted by molar-refractivity contribution is 5.96. The first-order chi connectivity index (χ1) is 13.9. The molecule has 2 aliphatic rings. The van der Waals surface area contributed by atoms with Crippen LogP contribution in [0.3, 0.4) is 0 Å². The predicted octanol–water partition coefficient (Wildman–Crippen LogP) is 2.81. The molecule has 0 aromatic heterocycles. The summed E-state index contributed by atoms with van der Waals surface area (Å²) in [6, 6.07) is 2.29. The number of ether oxygens (including phenoxy) is 3. The second kappa shape index (κ2) is 9.11. The SMILES string of the molecule is COc1cc(C(=O)OCC(=O)N2CC[C@H]3CCCC[C@H]3C2)c([N+](=O)[O-])cc1OC. The number of carbonyl (C=O) groups excluding carboxylic acids is 2. The van der Waals surface area contributed by atoms with Gasteiger partial charge >= 0.3 is 5.97 Å². The van der Waals surface area contributed by atoms with E-state index in [9.17, 15) is 19.7 Å². The molecule has 1 aliphatic heterocycles. The van der Waals surface area contributed by atoms with Crippen LogP contribution in [-0.4, -0.2) is 55.6 Å². The molecule has 2 fully saturated rings. The number of esters is 1. The molecule has 0 spiro atoms. The van der Waals surface area contributed by atoms with Crippen molar-refractivity contribution in [2.45, 2.75) is 32.1 Å². The quantitative estimate of drug-likeness (QED) is 0.406. The van der Waals surface area contributed by atoms with Gasteiger partial charge in [0.25, 0.3) is 11.6 Å². The zero-order chi connectivity index (χ0) is 21.0. The Balaban J connectivity index is 1.65. The summed E-state index contributed by atoms with van der Waals surface area (Å²) in [5.41, 5.74) is -0.755.